The Hall–Kier alpha value is -4.04. The fourth-order valence-electron chi connectivity index (χ4n) is 5.96. The van der Waals surface area contributed by atoms with Crippen molar-refractivity contribution in [1.82, 2.24) is 0 Å². The van der Waals surface area contributed by atoms with Gasteiger partial charge in [-0.3, -0.25) is 24.5 Å². The molecule has 2 bridgehead atoms. The first kappa shape index (κ1) is 21.5. The lowest BCUT2D eigenvalue weighted by Gasteiger charge is -2.50. The first-order chi connectivity index (χ1) is 16.7. The average Bonchev–Trinajstić information content (AvgIpc) is 3.11. The number of ether oxygens (including phenoxy) is 1. The maximum absolute atomic E-state index is 13.9. The van der Waals surface area contributed by atoms with Gasteiger partial charge in [0.05, 0.1) is 22.4 Å². The Morgan fingerprint density at radius 3 is 2.17 bits per heavy atom. The Labute approximate surface area is 204 Å². The first-order valence-electron chi connectivity index (χ1n) is 11.0. The molecule has 0 radical (unpaired) electrons. The van der Waals surface area contributed by atoms with Gasteiger partial charge in [-0.2, -0.15) is 0 Å². The molecule has 9 heteroatoms. The third-order valence-corrected chi connectivity index (χ3v) is 7.81. The Morgan fingerprint density at radius 2 is 1.60 bits per heavy atom. The summed E-state index contributed by atoms with van der Waals surface area (Å²) in [4.78, 5) is 49.7. The number of halogens is 1. The molecule has 3 aliphatic carbocycles. The third kappa shape index (κ3) is 2.71. The molecule has 0 aromatic heterocycles. The summed E-state index contributed by atoms with van der Waals surface area (Å²) in [6.45, 7) is 1.13. The number of esters is 1. The molecule has 2 atom stereocenters. The second kappa shape index (κ2) is 7.23. The van der Waals surface area contributed by atoms with Crippen molar-refractivity contribution in [2.24, 2.45) is 11.8 Å². The quantitative estimate of drug-likeness (QED) is 0.136. The van der Waals surface area contributed by atoms with Gasteiger partial charge in [0.1, 0.15) is 4.87 Å². The molecule has 0 unspecified atom stereocenters. The minimum Gasteiger partial charge on any atom is -0.419 e. The number of carbonyl (C=O) groups excluding carboxylic acids is 3. The number of anilines is 1. The molecule has 1 saturated heterocycles. The van der Waals surface area contributed by atoms with E-state index >= 15 is 0 Å². The molecule has 0 spiro atoms. The van der Waals surface area contributed by atoms with Gasteiger partial charge in [0.2, 0.25) is 17.6 Å². The van der Waals surface area contributed by atoms with E-state index in [-0.39, 0.29) is 17.4 Å². The number of nitro benzene ring substituents is 1. The summed E-state index contributed by atoms with van der Waals surface area (Å²) in [5.41, 5.74) is 2.91. The van der Waals surface area contributed by atoms with Crippen LogP contribution in [0, 0.1) is 22.0 Å². The van der Waals surface area contributed by atoms with Crippen molar-refractivity contribution in [3.63, 3.8) is 0 Å². The summed E-state index contributed by atoms with van der Waals surface area (Å²) in [5.74, 6) is -3.97. The SMILES string of the molecule is CC(=O)Oc1ccc(N2C(=O)[C@@H]3[C@@H](C2=O)C2c4ccccc4C3(Cl)c3ccccc32)cc1[N+](=O)[O-]. The van der Waals surface area contributed by atoms with Crippen molar-refractivity contribution in [3.8, 4) is 5.75 Å². The third-order valence-electron chi connectivity index (χ3n) is 7.17. The zero-order valence-corrected chi connectivity index (χ0v) is 19.1. The van der Waals surface area contributed by atoms with E-state index in [4.69, 9.17) is 16.3 Å². The number of benzene rings is 3. The van der Waals surface area contributed by atoms with Crippen molar-refractivity contribution in [2.75, 3.05) is 4.90 Å². The number of hydrogen-bond acceptors (Lipinski definition) is 6. The fraction of sp³-hybridized carbons (Fsp3) is 0.192. The van der Waals surface area contributed by atoms with Crippen LogP contribution in [-0.2, 0) is 19.3 Å². The lowest BCUT2D eigenvalue weighted by atomic mass is 9.54. The van der Waals surface area contributed by atoms with Gasteiger partial charge in [-0.05, 0) is 34.4 Å². The highest BCUT2D eigenvalue weighted by Crippen LogP contribution is 2.65. The standard InChI is InChI=1S/C26H17ClN2O6/c1-13(30)35-20-11-10-14(12-19(20)29(33)34)28-24(31)22-21-15-6-2-4-8-17(15)26(27,23(22)25(28)32)18-9-5-3-7-16(18)21/h2-12,21-23H,1H3/t21?,22-,23-,26?/m0/s1. The zero-order chi connectivity index (χ0) is 24.6. The number of nitro groups is 1. The number of alkyl halides is 1. The van der Waals surface area contributed by atoms with Crippen LogP contribution >= 0.6 is 11.6 Å². The van der Waals surface area contributed by atoms with Crippen LogP contribution in [0.3, 0.4) is 0 Å². The number of amides is 2. The molecule has 35 heavy (non-hydrogen) atoms. The number of hydrogen-bond donors (Lipinski definition) is 0. The molecule has 3 aromatic rings. The van der Waals surface area contributed by atoms with Crippen LogP contribution in [0.25, 0.3) is 0 Å². The lowest BCUT2D eigenvalue weighted by Crippen LogP contribution is -2.50. The van der Waals surface area contributed by atoms with Gasteiger partial charge >= 0.3 is 11.7 Å². The van der Waals surface area contributed by atoms with Crippen LogP contribution in [0.5, 0.6) is 5.75 Å². The Morgan fingerprint density at radius 1 is 1.00 bits per heavy atom. The van der Waals surface area contributed by atoms with Gasteiger partial charge in [0.15, 0.2) is 0 Å². The van der Waals surface area contributed by atoms with E-state index in [9.17, 15) is 24.5 Å². The highest BCUT2D eigenvalue weighted by molar-refractivity contribution is 6.33. The second-order valence-corrected chi connectivity index (χ2v) is 9.48. The van der Waals surface area contributed by atoms with E-state index in [1.54, 1.807) is 0 Å². The highest BCUT2D eigenvalue weighted by atomic mass is 35.5. The van der Waals surface area contributed by atoms with Crippen molar-refractivity contribution in [1.29, 1.82) is 0 Å². The van der Waals surface area contributed by atoms with Crippen LogP contribution in [0.15, 0.2) is 66.7 Å². The largest absolute Gasteiger partial charge is 0.419 e. The van der Waals surface area contributed by atoms with Gasteiger partial charge in [0.25, 0.3) is 0 Å². The lowest BCUT2D eigenvalue weighted by molar-refractivity contribution is -0.385. The molecular weight excluding hydrogens is 472 g/mol. The molecule has 3 aromatic carbocycles. The van der Waals surface area contributed by atoms with Gasteiger partial charge < -0.3 is 4.74 Å². The Bertz CT molecular complexity index is 1440. The first-order valence-corrected chi connectivity index (χ1v) is 11.3. The van der Waals surface area contributed by atoms with E-state index < -0.39 is 45.1 Å². The van der Waals surface area contributed by atoms with Crippen molar-refractivity contribution < 1.29 is 24.0 Å². The number of carbonyl (C=O) groups is 3. The van der Waals surface area contributed by atoms with E-state index in [0.29, 0.717) is 0 Å². The van der Waals surface area contributed by atoms with Crippen molar-refractivity contribution in [3.05, 3.63) is 99.1 Å². The summed E-state index contributed by atoms with van der Waals surface area (Å²) < 4.78 is 4.93. The normalized spacial score (nSPS) is 25.7. The van der Waals surface area contributed by atoms with Crippen molar-refractivity contribution in [2.45, 2.75) is 17.7 Å². The zero-order valence-electron chi connectivity index (χ0n) is 18.3. The number of imide groups is 1. The maximum atomic E-state index is 13.9. The molecule has 7 rings (SSSR count). The van der Waals surface area contributed by atoms with Crippen LogP contribution in [0.1, 0.15) is 35.1 Å². The molecule has 1 fully saturated rings. The summed E-state index contributed by atoms with van der Waals surface area (Å²) in [6.07, 6.45) is 0. The minimum atomic E-state index is -1.25. The number of nitrogens with zero attached hydrogens (tertiary/aromatic N) is 2. The van der Waals surface area contributed by atoms with Crippen LogP contribution in [-0.4, -0.2) is 22.7 Å². The molecule has 2 amide bonds. The van der Waals surface area contributed by atoms with E-state index in [1.807, 2.05) is 48.5 Å². The summed E-state index contributed by atoms with van der Waals surface area (Å²) in [5, 5.41) is 11.7. The van der Waals surface area contributed by atoms with Crippen LogP contribution in [0.2, 0.25) is 0 Å². The van der Waals surface area contributed by atoms with Crippen LogP contribution < -0.4 is 9.64 Å². The van der Waals surface area contributed by atoms with Gasteiger partial charge in [0, 0.05) is 18.9 Å². The smallest absolute Gasteiger partial charge is 0.313 e. The molecule has 174 valence electrons. The van der Waals surface area contributed by atoms with Gasteiger partial charge in [-0.15, -0.1) is 11.6 Å². The van der Waals surface area contributed by atoms with E-state index in [0.717, 1.165) is 40.1 Å². The molecule has 0 N–H and O–H groups in total. The predicted molar refractivity (Wildman–Crippen MR) is 125 cm³/mol. The minimum absolute atomic E-state index is 0.0322. The average molecular weight is 489 g/mol. The molecular formula is C26H17ClN2O6. The summed E-state index contributed by atoms with van der Waals surface area (Å²) in [7, 11) is 0. The Kier molecular flexibility index (Phi) is 4.44. The topological polar surface area (TPSA) is 107 Å². The molecule has 1 heterocycles. The highest BCUT2D eigenvalue weighted by Gasteiger charge is 2.68. The predicted octanol–water partition coefficient (Wildman–Crippen LogP) is 4.27. The molecule has 8 nitrogen and oxygen atoms in total. The van der Waals surface area contributed by atoms with Gasteiger partial charge in [-0.25, -0.2) is 4.90 Å². The van der Waals surface area contributed by atoms with Gasteiger partial charge in [-0.1, -0.05) is 48.5 Å². The van der Waals surface area contributed by atoms with Crippen LogP contribution in [0.4, 0.5) is 11.4 Å². The summed E-state index contributed by atoms with van der Waals surface area (Å²) in [6, 6.07) is 18.8. The van der Waals surface area contributed by atoms with E-state index in [2.05, 4.69) is 0 Å². The van der Waals surface area contributed by atoms with Crippen molar-refractivity contribution >= 4 is 40.8 Å². The Balaban J connectivity index is 1.52. The molecule has 4 aliphatic rings. The summed E-state index contributed by atoms with van der Waals surface area (Å²) >= 11 is 7.37. The second-order valence-electron chi connectivity index (χ2n) is 8.88. The monoisotopic (exact) mass is 488 g/mol. The fourth-order valence-corrected chi connectivity index (χ4v) is 6.54. The maximum Gasteiger partial charge on any atom is 0.313 e. The van der Waals surface area contributed by atoms with E-state index in [1.165, 1.54) is 12.1 Å². The number of rotatable bonds is 3. The molecule has 0 saturated carbocycles. The molecule has 1 aliphatic heterocycles.